The van der Waals surface area contributed by atoms with Crippen LogP contribution in [0.15, 0.2) is 36.7 Å². The van der Waals surface area contributed by atoms with Gasteiger partial charge in [-0.1, -0.05) is 19.1 Å². The molecule has 2 aromatic heterocycles. The maximum absolute atomic E-state index is 5.64. The molecule has 5 heteroatoms. The maximum Gasteiger partial charge on any atom is 0.254 e. The van der Waals surface area contributed by atoms with Crippen molar-refractivity contribution in [3.05, 3.63) is 36.7 Å². The Labute approximate surface area is 111 Å². The average molecular weight is 261 g/mol. The summed E-state index contributed by atoms with van der Waals surface area (Å²) in [5.41, 5.74) is 1.71. The summed E-state index contributed by atoms with van der Waals surface area (Å²) in [6.45, 7) is 2.73. The van der Waals surface area contributed by atoms with Gasteiger partial charge < -0.3 is 4.74 Å². The zero-order valence-corrected chi connectivity index (χ0v) is 11.1. The van der Waals surface area contributed by atoms with E-state index >= 15 is 0 Å². The third-order valence-electron chi connectivity index (χ3n) is 2.32. The van der Waals surface area contributed by atoms with Gasteiger partial charge in [0.1, 0.15) is 5.69 Å². The third-order valence-corrected chi connectivity index (χ3v) is 2.83. The van der Waals surface area contributed by atoms with Crippen LogP contribution in [0.2, 0.25) is 0 Å². The van der Waals surface area contributed by atoms with E-state index in [4.69, 9.17) is 4.74 Å². The van der Waals surface area contributed by atoms with Crippen molar-refractivity contribution in [3.8, 4) is 17.1 Å². The second-order valence-electron chi connectivity index (χ2n) is 3.68. The number of pyridine rings is 1. The van der Waals surface area contributed by atoms with E-state index in [1.807, 2.05) is 12.1 Å². The van der Waals surface area contributed by atoms with Crippen molar-refractivity contribution in [2.75, 3.05) is 6.61 Å². The van der Waals surface area contributed by atoms with Crippen molar-refractivity contribution in [2.24, 2.45) is 0 Å². The molecule has 0 bridgehead atoms. The summed E-state index contributed by atoms with van der Waals surface area (Å²) in [6, 6.07) is 3.83. The number of allylic oxidation sites excluding steroid dienone is 1. The number of ether oxygens (including phenoxy) is 1. The van der Waals surface area contributed by atoms with Gasteiger partial charge in [-0.25, -0.2) is 0 Å². The van der Waals surface area contributed by atoms with Crippen LogP contribution in [0, 0.1) is 0 Å². The van der Waals surface area contributed by atoms with E-state index in [9.17, 15) is 0 Å². The van der Waals surface area contributed by atoms with Gasteiger partial charge in [-0.2, -0.15) is 4.37 Å². The zero-order valence-electron chi connectivity index (χ0n) is 10.2. The molecule has 0 saturated carbocycles. The molecule has 0 saturated heterocycles. The molecule has 0 fully saturated rings. The Kier molecular flexibility index (Phi) is 4.84. The first kappa shape index (κ1) is 12.7. The van der Waals surface area contributed by atoms with Gasteiger partial charge in [0.2, 0.25) is 0 Å². The molecule has 0 N–H and O–H groups in total. The molecule has 0 aliphatic heterocycles. The van der Waals surface area contributed by atoms with Gasteiger partial charge in [-0.3, -0.25) is 4.98 Å². The van der Waals surface area contributed by atoms with Crippen LogP contribution < -0.4 is 4.74 Å². The number of aromatic nitrogens is 3. The Morgan fingerprint density at radius 1 is 1.33 bits per heavy atom. The highest BCUT2D eigenvalue weighted by atomic mass is 32.1. The molecule has 2 heterocycles. The second-order valence-corrected chi connectivity index (χ2v) is 4.20. The van der Waals surface area contributed by atoms with E-state index in [1.54, 1.807) is 12.4 Å². The van der Waals surface area contributed by atoms with Crippen LogP contribution in [0.1, 0.15) is 19.8 Å². The molecule has 0 aliphatic carbocycles. The SMILES string of the molecule is CCC=CCCOc1nsnc1-c1cccnc1. The summed E-state index contributed by atoms with van der Waals surface area (Å²) in [4.78, 5) is 4.07. The Morgan fingerprint density at radius 2 is 2.28 bits per heavy atom. The molecule has 18 heavy (non-hydrogen) atoms. The molecule has 0 unspecified atom stereocenters. The predicted molar refractivity (Wildman–Crippen MR) is 72.7 cm³/mol. The molecule has 0 atom stereocenters. The lowest BCUT2D eigenvalue weighted by molar-refractivity contribution is 0.316. The van der Waals surface area contributed by atoms with Gasteiger partial charge in [0.25, 0.3) is 5.88 Å². The van der Waals surface area contributed by atoms with E-state index in [2.05, 4.69) is 32.8 Å². The summed E-state index contributed by atoms with van der Waals surface area (Å²) >= 11 is 1.16. The lowest BCUT2D eigenvalue weighted by atomic mass is 10.2. The lowest BCUT2D eigenvalue weighted by Gasteiger charge is -2.02. The first-order valence-electron chi connectivity index (χ1n) is 5.92. The van der Waals surface area contributed by atoms with Crippen LogP contribution in [0.4, 0.5) is 0 Å². The number of hydrogen-bond donors (Lipinski definition) is 0. The minimum absolute atomic E-state index is 0.595. The largest absolute Gasteiger partial charge is 0.475 e. The van der Waals surface area contributed by atoms with Crippen molar-refractivity contribution in [2.45, 2.75) is 19.8 Å². The summed E-state index contributed by atoms with van der Waals surface area (Å²) in [5, 5.41) is 0. The van der Waals surface area contributed by atoms with Crippen LogP contribution >= 0.6 is 11.7 Å². The highest BCUT2D eigenvalue weighted by molar-refractivity contribution is 6.99. The zero-order chi connectivity index (χ0) is 12.6. The van der Waals surface area contributed by atoms with Gasteiger partial charge >= 0.3 is 0 Å². The molecule has 0 aromatic carbocycles. The smallest absolute Gasteiger partial charge is 0.254 e. The van der Waals surface area contributed by atoms with Crippen molar-refractivity contribution < 1.29 is 4.74 Å². The molecule has 0 aliphatic rings. The lowest BCUT2D eigenvalue weighted by Crippen LogP contribution is -1.97. The van der Waals surface area contributed by atoms with Crippen LogP contribution in [0.25, 0.3) is 11.3 Å². The van der Waals surface area contributed by atoms with E-state index in [0.717, 1.165) is 35.8 Å². The Bertz CT molecular complexity index is 496. The highest BCUT2D eigenvalue weighted by Gasteiger charge is 2.11. The number of hydrogen-bond acceptors (Lipinski definition) is 5. The summed E-state index contributed by atoms with van der Waals surface area (Å²) in [5.74, 6) is 0.595. The molecule has 0 spiro atoms. The number of rotatable bonds is 6. The van der Waals surface area contributed by atoms with Crippen LogP contribution in [0.3, 0.4) is 0 Å². The predicted octanol–water partition coefficient (Wildman–Crippen LogP) is 3.34. The van der Waals surface area contributed by atoms with Gasteiger partial charge in [0.05, 0.1) is 18.3 Å². The fourth-order valence-electron chi connectivity index (χ4n) is 1.46. The molecule has 0 radical (unpaired) electrons. The first-order chi connectivity index (χ1) is 8.92. The van der Waals surface area contributed by atoms with Crippen LogP contribution in [0.5, 0.6) is 5.88 Å². The quantitative estimate of drug-likeness (QED) is 0.591. The Morgan fingerprint density at radius 3 is 3.06 bits per heavy atom. The van der Waals surface area contributed by atoms with Crippen molar-refractivity contribution in [1.29, 1.82) is 0 Å². The fraction of sp³-hybridized carbons (Fsp3) is 0.308. The molecule has 0 amide bonds. The van der Waals surface area contributed by atoms with Gasteiger partial charge in [-0.15, -0.1) is 4.37 Å². The van der Waals surface area contributed by atoms with E-state index in [-0.39, 0.29) is 0 Å². The topological polar surface area (TPSA) is 47.9 Å². The molecular weight excluding hydrogens is 246 g/mol. The van der Waals surface area contributed by atoms with Gasteiger partial charge in [0, 0.05) is 18.0 Å². The minimum Gasteiger partial charge on any atom is -0.475 e. The van der Waals surface area contributed by atoms with E-state index < -0.39 is 0 Å². The van der Waals surface area contributed by atoms with Crippen molar-refractivity contribution in [3.63, 3.8) is 0 Å². The average Bonchev–Trinajstić information content (AvgIpc) is 2.88. The molecule has 4 nitrogen and oxygen atoms in total. The fourth-order valence-corrected chi connectivity index (χ4v) is 1.98. The maximum atomic E-state index is 5.64. The molecule has 94 valence electrons. The summed E-state index contributed by atoms with van der Waals surface area (Å²) < 4.78 is 14.1. The summed E-state index contributed by atoms with van der Waals surface area (Å²) in [7, 11) is 0. The minimum atomic E-state index is 0.595. The summed E-state index contributed by atoms with van der Waals surface area (Å²) in [6.07, 6.45) is 9.69. The normalized spacial score (nSPS) is 10.9. The molecule has 2 rings (SSSR count). The van der Waals surface area contributed by atoms with Crippen LogP contribution in [-0.4, -0.2) is 20.3 Å². The van der Waals surface area contributed by atoms with Crippen molar-refractivity contribution in [1.82, 2.24) is 13.7 Å². The Balaban J connectivity index is 1.98. The van der Waals surface area contributed by atoms with Gasteiger partial charge in [0.15, 0.2) is 0 Å². The highest BCUT2D eigenvalue weighted by Crippen LogP contribution is 2.26. The standard InChI is InChI=1S/C13H15N3OS/c1-2-3-4-5-9-17-13-12(15-18-16-13)11-7-6-8-14-10-11/h3-4,6-8,10H,2,5,9H2,1H3. The monoisotopic (exact) mass is 261 g/mol. The van der Waals surface area contributed by atoms with Gasteiger partial charge in [-0.05, 0) is 25.0 Å². The number of nitrogens with zero attached hydrogens (tertiary/aromatic N) is 3. The second kappa shape index (κ2) is 6.86. The van der Waals surface area contributed by atoms with Crippen molar-refractivity contribution >= 4 is 11.7 Å². The van der Waals surface area contributed by atoms with E-state index in [1.165, 1.54) is 0 Å². The Hall–Kier alpha value is -1.75. The van der Waals surface area contributed by atoms with Crippen LogP contribution in [-0.2, 0) is 0 Å². The molecular formula is C13H15N3OS. The third kappa shape index (κ3) is 3.37. The molecule has 2 aromatic rings. The first-order valence-corrected chi connectivity index (χ1v) is 6.65. The van der Waals surface area contributed by atoms with E-state index in [0.29, 0.717) is 12.5 Å².